The molecule has 0 unspecified atom stereocenters. The molecule has 0 amide bonds. The minimum atomic E-state index is -0.805. The lowest BCUT2D eigenvalue weighted by molar-refractivity contribution is -0.156. The van der Waals surface area contributed by atoms with Crippen LogP contribution in [0.25, 0.3) is 0 Å². The lowest BCUT2D eigenvalue weighted by atomic mass is 10.0. The first kappa shape index (κ1) is 43.4. The van der Waals surface area contributed by atoms with Crippen LogP contribution in [0.3, 0.4) is 0 Å². The molecule has 5 nitrogen and oxygen atoms in total. The van der Waals surface area contributed by atoms with Crippen molar-refractivity contribution >= 4 is 17.9 Å². The topological polar surface area (TPSA) is 69.7 Å². The van der Waals surface area contributed by atoms with Crippen molar-refractivity contribution in [2.75, 3.05) is 6.61 Å². The maximum Gasteiger partial charge on any atom is 0.338 e. The molecule has 0 saturated carbocycles. The molecule has 0 spiro atoms. The minimum Gasteiger partial charge on any atom is -0.463 e. The van der Waals surface area contributed by atoms with Gasteiger partial charge in [0, 0.05) is 18.6 Å². The summed E-state index contributed by atoms with van der Waals surface area (Å²) in [5.41, 5.74) is 0. The molecule has 45 heavy (non-hydrogen) atoms. The van der Waals surface area contributed by atoms with E-state index in [9.17, 15) is 14.4 Å². The van der Waals surface area contributed by atoms with E-state index in [-0.39, 0.29) is 6.42 Å². The number of hydrogen-bond acceptors (Lipinski definition) is 5. The van der Waals surface area contributed by atoms with Crippen molar-refractivity contribution in [3.05, 3.63) is 12.2 Å². The van der Waals surface area contributed by atoms with Crippen LogP contribution >= 0.6 is 0 Å². The second kappa shape index (κ2) is 36.8. The van der Waals surface area contributed by atoms with E-state index in [2.05, 4.69) is 13.8 Å². The van der Waals surface area contributed by atoms with Crippen molar-refractivity contribution in [1.82, 2.24) is 0 Å². The summed E-state index contributed by atoms with van der Waals surface area (Å²) in [6.07, 6.45) is 42.0. The van der Waals surface area contributed by atoms with Crippen LogP contribution in [-0.2, 0) is 23.9 Å². The van der Waals surface area contributed by atoms with Crippen molar-refractivity contribution in [1.29, 1.82) is 0 Å². The number of esters is 3. The number of rotatable bonds is 35. The molecular weight excluding hydrogens is 560 g/mol. The Bertz CT molecular complexity index is 686. The Hall–Kier alpha value is -1.65. The molecule has 5 heteroatoms. The highest BCUT2D eigenvalue weighted by molar-refractivity contribution is 5.96. The molecule has 0 radical (unpaired) electrons. The van der Waals surface area contributed by atoms with Crippen molar-refractivity contribution in [2.24, 2.45) is 0 Å². The van der Waals surface area contributed by atoms with Gasteiger partial charge in [-0.05, 0) is 12.8 Å². The molecule has 0 atom stereocenters. The molecule has 0 saturated heterocycles. The van der Waals surface area contributed by atoms with Gasteiger partial charge in [-0.1, -0.05) is 200 Å². The van der Waals surface area contributed by atoms with Crippen molar-refractivity contribution in [3.8, 4) is 0 Å². The smallest absolute Gasteiger partial charge is 0.338 e. The summed E-state index contributed by atoms with van der Waals surface area (Å²) in [5, 5.41) is 0. The molecule has 0 aromatic carbocycles. The fourth-order valence-corrected chi connectivity index (χ4v) is 5.85. The van der Waals surface area contributed by atoms with Crippen molar-refractivity contribution in [2.45, 2.75) is 219 Å². The number of unbranched alkanes of at least 4 members (excludes halogenated alkanes) is 29. The van der Waals surface area contributed by atoms with Crippen LogP contribution in [0.2, 0.25) is 0 Å². The van der Waals surface area contributed by atoms with Gasteiger partial charge in [0.15, 0.2) is 0 Å². The first-order valence-electron chi connectivity index (χ1n) is 19.7. The molecular formula is C40H74O5. The predicted molar refractivity (Wildman–Crippen MR) is 190 cm³/mol. The van der Waals surface area contributed by atoms with E-state index in [4.69, 9.17) is 9.47 Å². The van der Waals surface area contributed by atoms with Crippen LogP contribution in [0.15, 0.2) is 12.2 Å². The lowest BCUT2D eigenvalue weighted by Gasteiger charge is -2.04. The summed E-state index contributed by atoms with van der Waals surface area (Å²) in [6.45, 7) is 4.89. The zero-order valence-corrected chi connectivity index (χ0v) is 30.0. The summed E-state index contributed by atoms with van der Waals surface area (Å²) < 4.78 is 9.94. The molecule has 0 aliphatic rings. The van der Waals surface area contributed by atoms with Gasteiger partial charge < -0.3 is 9.47 Å². The highest BCUT2D eigenvalue weighted by Gasteiger charge is 2.08. The van der Waals surface area contributed by atoms with E-state index in [0.717, 1.165) is 44.3 Å². The summed E-state index contributed by atoms with van der Waals surface area (Å²) in [4.78, 5) is 35.5. The molecule has 0 aliphatic carbocycles. The fraction of sp³-hybridized carbons (Fsp3) is 0.875. The third-order valence-corrected chi connectivity index (χ3v) is 8.80. The Kier molecular flexibility index (Phi) is 35.5. The zero-order chi connectivity index (χ0) is 32.9. The Balaban J connectivity index is 3.45. The molecule has 0 bridgehead atoms. The summed E-state index contributed by atoms with van der Waals surface area (Å²) in [6, 6.07) is 0. The molecule has 0 aliphatic heterocycles. The van der Waals surface area contributed by atoms with Crippen LogP contribution in [0.1, 0.15) is 219 Å². The number of carbonyl (C=O) groups excluding carboxylic acids is 3. The van der Waals surface area contributed by atoms with Crippen molar-refractivity contribution in [3.63, 3.8) is 0 Å². The van der Waals surface area contributed by atoms with Gasteiger partial charge in [-0.15, -0.1) is 0 Å². The van der Waals surface area contributed by atoms with E-state index < -0.39 is 17.9 Å². The van der Waals surface area contributed by atoms with Gasteiger partial charge >= 0.3 is 17.9 Å². The van der Waals surface area contributed by atoms with E-state index >= 15 is 0 Å². The molecule has 264 valence electrons. The average Bonchev–Trinajstić information content (AvgIpc) is 3.03. The monoisotopic (exact) mass is 635 g/mol. The van der Waals surface area contributed by atoms with Crippen LogP contribution in [0, 0.1) is 0 Å². The van der Waals surface area contributed by atoms with E-state index in [1.807, 2.05) is 0 Å². The van der Waals surface area contributed by atoms with Gasteiger partial charge in [-0.2, -0.15) is 0 Å². The number of hydrogen-bond donors (Lipinski definition) is 0. The maximum atomic E-state index is 11.9. The van der Waals surface area contributed by atoms with Gasteiger partial charge in [0.25, 0.3) is 0 Å². The quantitative estimate of drug-likeness (QED) is 0.0300. The zero-order valence-electron chi connectivity index (χ0n) is 30.0. The second-order valence-electron chi connectivity index (χ2n) is 13.3. The van der Waals surface area contributed by atoms with Gasteiger partial charge in [-0.25, -0.2) is 9.59 Å². The Morgan fingerprint density at radius 3 is 1.02 bits per heavy atom. The molecule has 0 aromatic rings. The second-order valence-corrected chi connectivity index (χ2v) is 13.3. The molecule has 0 heterocycles. The van der Waals surface area contributed by atoms with Gasteiger partial charge in [-0.3, -0.25) is 4.79 Å². The average molecular weight is 635 g/mol. The Morgan fingerprint density at radius 2 is 0.667 bits per heavy atom. The fourth-order valence-electron chi connectivity index (χ4n) is 5.85. The molecule has 0 N–H and O–H groups in total. The third kappa shape index (κ3) is 36.7. The van der Waals surface area contributed by atoms with E-state index in [0.29, 0.717) is 6.61 Å². The Labute approximate surface area is 279 Å². The maximum absolute atomic E-state index is 11.9. The van der Waals surface area contributed by atoms with E-state index in [1.54, 1.807) is 0 Å². The third-order valence-electron chi connectivity index (χ3n) is 8.80. The first-order valence-corrected chi connectivity index (χ1v) is 19.7. The molecule has 0 rings (SSSR count). The van der Waals surface area contributed by atoms with Crippen LogP contribution < -0.4 is 0 Å². The van der Waals surface area contributed by atoms with Gasteiger partial charge in [0.05, 0.1) is 6.61 Å². The van der Waals surface area contributed by atoms with Crippen LogP contribution in [0.4, 0.5) is 0 Å². The van der Waals surface area contributed by atoms with Crippen LogP contribution in [0.5, 0.6) is 0 Å². The summed E-state index contributed by atoms with van der Waals surface area (Å²) >= 11 is 0. The lowest BCUT2D eigenvalue weighted by Crippen LogP contribution is -2.11. The van der Waals surface area contributed by atoms with Crippen LogP contribution in [-0.4, -0.2) is 24.5 Å². The predicted octanol–water partition coefficient (Wildman–Crippen LogP) is 12.7. The summed E-state index contributed by atoms with van der Waals surface area (Å²) in [7, 11) is 0. The standard InChI is InChI=1S/C40H74O5/c1-3-5-7-9-11-13-15-17-19-21-23-25-27-29-31-33-37-44-38(41)35-36-40(43)45-39(42)34-32-30-28-26-24-22-20-18-16-14-12-10-8-6-4-2/h35-36H,3-34,37H2,1-2H3/b36-35+. The van der Waals surface area contributed by atoms with E-state index in [1.165, 1.54) is 167 Å². The minimum absolute atomic E-state index is 0.238. The van der Waals surface area contributed by atoms with Gasteiger partial charge in [0.1, 0.15) is 0 Å². The highest BCUT2D eigenvalue weighted by atomic mass is 16.6. The Morgan fingerprint density at radius 1 is 0.378 bits per heavy atom. The summed E-state index contributed by atoms with van der Waals surface area (Å²) in [5.74, 6) is -1.90. The van der Waals surface area contributed by atoms with Gasteiger partial charge in [0.2, 0.25) is 0 Å². The largest absolute Gasteiger partial charge is 0.463 e. The normalized spacial score (nSPS) is 11.3. The number of ether oxygens (including phenoxy) is 2. The number of carbonyl (C=O) groups is 3. The molecule has 0 aromatic heterocycles. The molecule has 0 fully saturated rings. The van der Waals surface area contributed by atoms with Crippen molar-refractivity contribution < 1.29 is 23.9 Å². The highest BCUT2D eigenvalue weighted by Crippen LogP contribution is 2.15. The SMILES string of the molecule is CCCCCCCCCCCCCCCCCCOC(=O)/C=C/C(=O)OC(=O)CCCCCCCCCCCCCCCCC. The first-order chi connectivity index (χ1) is 22.1.